The molecule has 3 N–H and O–H groups in total. The molecule has 0 saturated heterocycles. The molecule has 3 heterocycles. The summed E-state index contributed by atoms with van der Waals surface area (Å²) in [5.41, 5.74) is 4.50. The Morgan fingerprint density at radius 3 is 2.74 bits per heavy atom. The summed E-state index contributed by atoms with van der Waals surface area (Å²) in [6.07, 6.45) is 0.416. The molecule has 0 radical (unpaired) electrons. The number of amides is 1. The molecule has 3 aromatic heterocycles. The Bertz CT molecular complexity index is 1890. The number of aryl methyl sites for hydroxylation is 1. The predicted octanol–water partition coefficient (Wildman–Crippen LogP) is 4.55. The quantitative estimate of drug-likeness (QED) is 0.253. The number of aromatic amines is 1. The standard InChI is InChI=1S/C28H23F3N8O2S/c1-2-20(35-21-8-5-16-10-18(6-7-19(16)21)39-27(41)36-37-38-39)22-12-23(34-14-33-22)26(40)32-13-15-3-4-17-11-25(28(29,30)31)42-24(17)9-15/h2-4,6-7,9-12,14,21,35H,5,8,13H2,1H3,(H,32,40)(H,36,38,41)/b20-2+. The van der Waals surface area contributed by atoms with E-state index in [0.717, 1.165) is 35.7 Å². The van der Waals surface area contributed by atoms with Crippen molar-refractivity contribution < 1.29 is 18.0 Å². The van der Waals surface area contributed by atoms with Crippen LogP contribution in [0.4, 0.5) is 13.2 Å². The van der Waals surface area contributed by atoms with E-state index in [2.05, 4.69) is 36.1 Å². The van der Waals surface area contributed by atoms with Crippen LogP contribution in [0.3, 0.4) is 0 Å². The van der Waals surface area contributed by atoms with E-state index >= 15 is 0 Å². The Morgan fingerprint density at radius 1 is 1.14 bits per heavy atom. The lowest BCUT2D eigenvalue weighted by molar-refractivity contribution is -0.134. The molecule has 2 aromatic carbocycles. The maximum absolute atomic E-state index is 13.1. The average Bonchev–Trinajstić information content (AvgIpc) is 3.72. The van der Waals surface area contributed by atoms with Gasteiger partial charge in [-0.05, 0) is 82.6 Å². The van der Waals surface area contributed by atoms with E-state index < -0.39 is 22.7 Å². The van der Waals surface area contributed by atoms with Crippen molar-refractivity contribution in [2.45, 2.75) is 38.5 Å². The van der Waals surface area contributed by atoms with E-state index in [4.69, 9.17) is 0 Å². The number of alkyl halides is 3. The molecule has 0 aliphatic heterocycles. The van der Waals surface area contributed by atoms with Gasteiger partial charge in [0.2, 0.25) is 0 Å². The Hall–Kier alpha value is -4.85. The second-order valence-electron chi connectivity index (χ2n) is 9.69. The van der Waals surface area contributed by atoms with E-state index in [1.807, 2.05) is 31.2 Å². The molecule has 1 atom stereocenters. The molecular formula is C28H23F3N8O2S. The van der Waals surface area contributed by atoms with E-state index in [9.17, 15) is 22.8 Å². The van der Waals surface area contributed by atoms with Gasteiger partial charge in [-0.2, -0.15) is 17.9 Å². The lowest BCUT2D eigenvalue weighted by Gasteiger charge is -2.18. The van der Waals surface area contributed by atoms with Gasteiger partial charge in [0.15, 0.2) is 0 Å². The Morgan fingerprint density at radius 2 is 1.98 bits per heavy atom. The zero-order valence-corrected chi connectivity index (χ0v) is 22.9. The summed E-state index contributed by atoms with van der Waals surface area (Å²) in [7, 11) is 0. The lowest BCUT2D eigenvalue weighted by atomic mass is 10.1. The number of H-pyrrole nitrogens is 1. The van der Waals surface area contributed by atoms with Gasteiger partial charge < -0.3 is 10.6 Å². The number of nitrogens with one attached hydrogen (secondary N) is 3. The van der Waals surface area contributed by atoms with Crippen LogP contribution in [-0.4, -0.2) is 36.1 Å². The van der Waals surface area contributed by atoms with Crippen LogP contribution in [0.5, 0.6) is 0 Å². The molecule has 0 bridgehead atoms. The Balaban J connectivity index is 1.13. The van der Waals surface area contributed by atoms with E-state index in [0.29, 0.717) is 38.4 Å². The number of hydrogen-bond donors (Lipinski definition) is 3. The minimum absolute atomic E-state index is 0.00782. The highest BCUT2D eigenvalue weighted by Crippen LogP contribution is 2.38. The van der Waals surface area contributed by atoms with Gasteiger partial charge >= 0.3 is 11.9 Å². The summed E-state index contributed by atoms with van der Waals surface area (Å²) in [6.45, 7) is 1.99. The number of halogens is 3. The van der Waals surface area contributed by atoms with Crippen LogP contribution in [0.2, 0.25) is 0 Å². The first-order valence-electron chi connectivity index (χ1n) is 13.0. The van der Waals surface area contributed by atoms with E-state index in [1.54, 1.807) is 24.3 Å². The van der Waals surface area contributed by atoms with Crippen LogP contribution < -0.4 is 16.3 Å². The number of thiophene rings is 1. The molecule has 1 unspecified atom stereocenters. The van der Waals surface area contributed by atoms with Crippen LogP contribution in [0.1, 0.15) is 57.1 Å². The number of carbonyl (C=O) groups is 1. The number of hydrogen-bond acceptors (Lipinski definition) is 8. The number of aromatic nitrogens is 6. The summed E-state index contributed by atoms with van der Waals surface area (Å²) in [4.78, 5) is 32.6. The van der Waals surface area contributed by atoms with Crippen LogP contribution in [0, 0.1) is 0 Å². The molecule has 1 aliphatic carbocycles. The minimum Gasteiger partial charge on any atom is -0.377 e. The fraction of sp³-hybridized carbons (Fsp3) is 0.214. The summed E-state index contributed by atoms with van der Waals surface area (Å²) in [5, 5.41) is 16.4. The molecule has 214 valence electrons. The van der Waals surface area contributed by atoms with Gasteiger partial charge in [-0.3, -0.25) is 4.79 Å². The first-order valence-corrected chi connectivity index (χ1v) is 13.8. The highest BCUT2D eigenvalue weighted by molar-refractivity contribution is 7.19. The summed E-state index contributed by atoms with van der Waals surface area (Å²) in [5.74, 6) is -0.432. The lowest BCUT2D eigenvalue weighted by Crippen LogP contribution is -2.24. The van der Waals surface area contributed by atoms with Crippen molar-refractivity contribution >= 4 is 33.0 Å². The summed E-state index contributed by atoms with van der Waals surface area (Å²) >= 11 is 0.674. The molecule has 6 rings (SSSR count). The van der Waals surface area contributed by atoms with Crippen LogP contribution in [0.15, 0.2) is 65.7 Å². The summed E-state index contributed by atoms with van der Waals surface area (Å²) < 4.78 is 40.9. The maximum Gasteiger partial charge on any atom is 0.425 e. The number of tetrazole rings is 1. The number of fused-ring (bicyclic) bond motifs is 2. The third kappa shape index (κ3) is 5.40. The second kappa shape index (κ2) is 10.9. The third-order valence-electron chi connectivity index (χ3n) is 7.03. The van der Waals surface area contributed by atoms with Gasteiger partial charge in [-0.15, -0.1) is 11.3 Å². The summed E-state index contributed by atoms with van der Waals surface area (Å²) in [6, 6.07) is 13.4. The molecule has 0 saturated carbocycles. The molecule has 14 heteroatoms. The van der Waals surface area contributed by atoms with E-state index in [-0.39, 0.29) is 18.3 Å². The fourth-order valence-corrected chi connectivity index (χ4v) is 5.97. The molecular weight excluding hydrogens is 569 g/mol. The van der Waals surface area contributed by atoms with Gasteiger partial charge in [0.25, 0.3) is 5.91 Å². The Kier molecular flexibility index (Phi) is 7.06. The SMILES string of the molecule is C/C=C(/NC1CCc2cc(-n3nn[nH]c3=O)ccc21)c1cc(C(=O)NCc2ccc3cc(C(F)(F)F)sc3c2)ncn1. The van der Waals surface area contributed by atoms with Crippen molar-refractivity contribution in [1.29, 1.82) is 0 Å². The molecule has 10 nitrogen and oxygen atoms in total. The van der Waals surface area contributed by atoms with Crippen LogP contribution >= 0.6 is 11.3 Å². The maximum atomic E-state index is 13.1. The van der Waals surface area contributed by atoms with Crippen molar-refractivity contribution in [2.75, 3.05) is 0 Å². The molecule has 0 fully saturated rings. The molecule has 1 amide bonds. The zero-order chi connectivity index (χ0) is 29.4. The average molecular weight is 593 g/mol. The number of rotatable bonds is 7. The molecule has 1 aliphatic rings. The number of allylic oxidation sites excluding steroid dienone is 1. The smallest absolute Gasteiger partial charge is 0.377 e. The minimum atomic E-state index is -4.39. The first-order chi connectivity index (χ1) is 20.2. The number of benzene rings is 2. The van der Waals surface area contributed by atoms with Crippen molar-refractivity contribution in [1.82, 2.24) is 40.8 Å². The monoisotopic (exact) mass is 592 g/mol. The molecule has 42 heavy (non-hydrogen) atoms. The van der Waals surface area contributed by atoms with Gasteiger partial charge in [0.1, 0.15) is 16.9 Å². The largest absolute Gasteiger partial charge is 0.425 e. The van der Waals surface area contributed by atoms with Crippen molar-refractivity contribution in [3.63, 3.8) is 0 Å². The normalized spacial score (nSPS) is 15.1. The highest BCUT2D eigenvalue weighted by Gasteiger charge is 2.32. The predicted molar refractivity (Wildman–Crippen MR) is 150 cm³/mol. The topological polar surface area (TPSA) is 130 Å². The van der Waals surface area contributed by atoms with Crippen LogP contribution in [0.25, 0.3) is 21.5 Å². The van der Waals surface area contributed by atoms with Gasteiger partial charge in [-0.25, -0.2) is 19.9 Å². The van der Waals surface area contributed by atoms with Crippen molar-refractivity contribution in [3.8, 4) is 5.69 Å². The van der Waals surface area contributed by atoms with Crippen molar-refractivity contribution in [3.05, 3.63) is 104 Å². The van der Waals surface area contributed by atoms with Gasteiger partial charge in [0, 0.05) is 11.2 Å². The molecule has 5 aromatic rings. The number of nitrogens with zero attached hydrogens (tertiary/aromatic N) is 5. The third-order valence-corrected chi connectivity index (χ3v) is 8.17. The fourth-order valence-electron chi connectivity index (χ4n) is 4.97. The first kappa shape index (κ1) is 27.3. The zero-order valence-electron chi connectivity index (χ0n) is 22.1. The second-order valence-corrected chi connectivity index (χ2v) is 10.8. The van der Waals surface area contributed by atoms with Crippen molar-refractivity contribution in [2.24, 2.45) is 0 Å². The van der Waals surface area contributed by atoms with Gasteiger partial charge in [-0.1, -0.05) is 24.3 Å². The number of carbonyl (C=O) groups excluding carboxylic acids is 1. The Labute approximate surface area is 240 Å². The van der Waals surface area contributed by atoms with Crippen LogP contribution in [-0.2, 0) is 19.1 Å². The highest BCUT2D eigenvalue weighted by atomic mass is 32.1. The van der Waals surface area contributed by atoms with Gasteiger partial charge in [0.05, 0.1) is 23.1 Å². The molecule has 0 spiro atoms. The van der Waals surface area contributed by atoms with E-state index in [1.165, 1.54) is 11.0 Å².